The van der Waals surface area contributed by atoms with E-state index in [-0.39, 0.29) is 12.2 Å². The molecule has 6 aromatic rings. The molecule has 0 bridgehead atoms. The van der Waals surface area contributed by atoms with Crippen molar-refractivity contribution < 1.29 is 12.8 Å². The molecule has 0 spiro atoms. The molecule has 0 saturated carbocycles. The van der Waals surface area contributed by atoms with E-state index < -0.39 is 15.7 Å². The molecule has 10 heteroatoms. The fourth-order valence-electron chi connectivity index (χ4n) is 4.40. The lowest BCUT2D eigenvalue weighted by molar-refractivity contribution is 0.600. The van der Waals surface area contributed by atoms with Gasteiger partial charge in [0.1, 0.15) is 32.5 Å². The topological polar surface area (TPSA) is 117 Å². The quantitative estimate of drug-likeness (QED) is 0.326. The van der Waals surface area contributed by atoms with Gasteiger partial charge in [0.05, 0.1) is 28.4 Å². The van der Waals surface area contributed by atoms with Crippen molar-refractivity contribution in [3.05, 3.63) is 84.4 Å². The van der Waals surface area contributed by atoms with Gasteiger partial charge in [0, 0.05) is 24.0 Å². The number of fused-ring (bicyclic) bond motifs is 2. The first kappa shape index (κ1) is 23.0. The monoisotopic (exact) mass is 512 g/mol. The average molecular weight is 513 g/mol. The van der Waals surface area contributed by atoms with Crippen molar-refractivity contribution in [3.8, 4) is 33.9 Å². The van der Waals surface area contributed by atoms with Crippen LogP contribution in [0, 0.1) is 5.82 Å². The van der Waals surface area contributed by atoms with Gasteiger partial charge in [-0.05, 0) is 71.6 Å². The summed E-state index contributed by atoms with van der Waals surface area (Å²) >= 11 is 0. The Bertz CT molecular complexity index is 1880. The van der Waals surface area contributed by atoms with Gasteiger partial charge >= 0.3 is 0 Å². The smallest absolute Gasteiger partial charge is 0.147 e. The molecule has 0 radical (unpaired) electrons. The third-order valence-electron chi connectivity index (χ3n) is 6.15. The highest BCUT2D eigenvalue weighted by atomic mass is 32.2. The van der Waals surface area contributed by atoms with Crippen molar-refractivity contribution in [2.24, 2.45) is 0 Å². The number of aromatic amines is 2. The Labute approximate surface area is 211 Å². The van der Waals surface area contributed by atoms with Gasteiger partial charge in [0.2, 0.25) is 0 Å². The van der Waals surface area contributed by atoms with Gasteiger partial charge < -0.3 is 4.98 Å². The van der Waals surface area contributed by atoms with Crippen LogP contribution in [0.5, 0.6) is 0 Å². The largest absolute Gasteiger partial charge is 0.338 e. The first-order valence-corrected chi connectivity index (χ1v) is 13.6. The lowest BCUT2D eigenvalue weighted by atomic mass is 10.00. The predicted octanol–water partition coefficient (Wildman–Crippen LogP) is 4.96. The molecule has 0 aliphatic carbocycles. The van der Waals surface area contributed by atoms with Crippen LogP contribution in [-0.4, -0.2) is 50.6 Å². The summed E-state index contributed by atoms with van der Waals surface area (Å²) < 4.78 is 37.7. The highest BCUT2D eigenvalue weighted by Gasteiger charge is 2.17. The molecule has 184 valence electrons. The number of H-pyrrole nitrogens is 2. The number of rotatable bonds is 6. The molecule has 0 saturated heterocycles. The second-order valence-electron chi connectivity index (χ2n) is 8.91. The van der Waals surface area contributed by atoms with Gasteiger partial charge in [0.15, 0.2) is 0 Å². The second kappa shape index (κ2) is 8.90. The van der Waals surface area contributed by atoms with Crippen molar-refractivity contribution >= 4 is 31.9 Å². The number of hydrogen-bond donors (Lipinski definition) is 2. The van der Waals surface area contributed by atoms with Gasteiger partial charge in [0.25, 0.3) is 0 Å². The molecule has 2 N–H and O–H groups in total. The van der Waals surface area contributed by atoms with E-state index >= 15 is 0 Å². The zero-order chi connectivity index (χ0) is 25.6. The fraction of sp³-hybridized carbons (Fsp3) is 0.111. The molecule has 37 heavy (non-hydrogen) atoms. The van der Waals surface area contributed by atoms with E-state index in [0.29, 0.717) is 33.7 Å². The number of hydrogen-bond acceptors (Lipinski definition) is 6. The van der Waals surface area contributed by atoms with E-state index in [1.165, 1.54) is 18.4 Å². The molecule has 5 heterocycles. The van der Waals surface area contributed by atoms with Crippen LogP contribution >= 0.6 is 0 Å². The summed E-state index contributed by atoms with van der Waals surface area (Å²) in [5.41, 5.74) is 6.94. The summed E-state index contributed by atoms with van der Waals surface area (Å²) in [6.07, 6.45) is 4.79. The standard InChI is InChI=1S/C27H21FN6O2S/c1-37(35,36)11-8-16-12-17(14-18(28)13-16)19-7-10-30-27-20(19)15-24(32-27)26-25-23(33-34-26)6-5-22(31-25)21-4-2-3-9-29-21/h2-7,9-10,12-15H,8,11H2,1H3,(H,30,32)(H,33,34). The number of halogens is 1. The van der Waals surface area contributed by atoms with Gasteiger partial charge in [-0.2, -0.15) is 5.10 Å². The molecule has 6 rings (SSSR count). The molecular weight excluding hydrogens is 491 g/mol. The number of nitrogens with one attached hydrogen (secondary N) is 2. The van der Waals surface area contributed by atoms with Gasteiger partial charge in [-0.15, -0.1) is 0 Å². The predicted molar refractivity (Wildman–Crippen MR) is 141 cm³/mol. The maximum absolute atomic E-state index is 14.5. The molecule has 0 unspecified atom stereocenters. The first-order valence-electron chi connectivity index (χ1n) is 11.6. The van der Waals surface area contributed by atoms with Crippen molar-refractivity contribution in [1.29, 1.82) is 0 Å². The summed E-state index contributed by atoms with van der Waals surface area (Å²) in [7, 11) is -3.17. The van der Waals surface area contributed by atoms with Crippen molar-refractivity contribution in [1.82, 2.24) is 30.1 Å². The zero-order valence-corrected chi connectivity index (χ0v) is 20.6. The number of nitrogens with zero attached hydrogens (tertiary/aromatic N) is 4. The third-order valence-corrected chi connectivity index (χ3v) is 7.10. The summed E-state index contributed by atoms with van der Waals surface area (Å²) in [5.74, 6) is -0.471. The first-order chi connectivity index (χ1) is 17.8. The zero-order valence-electron chi connectivity index (χ0n) is 19.7. The number of sulfone groups is 1. The average Bonchev–Trinajstić information content (AvgIpc) is 3.51. The Hall–Kier alpha value is -4.44. The number of aryl methyl sites for hydroxylation is 1. The Morgan fingerprint density at radius 1 is 0.946 bits per heavy atom. The normalized spacial score (nSPS) is 11.9. The van der Waals surface area contributed by atoms with Crippen molar-refractivity contribution in [2.45, 2.75) is 6.42 Å². The molecule has 0 fully saturated rings. The van der Waals surface area contributed by atoms with Crippen molar-refractivity contribution in [2.75, 3.05) is 12.0 Å². The third kappa shape index (κ3) is 4.58. The summed E-state index contributed by atoms with van der Waals surface area (Å²) in [6.45, 7) is 0. The molecule has 0 aliphatic rings. The fourth-order valence-corrected chi connectivity index (χ4v) is 5.01. The second-order valence-corrected chi connectivity index (χ2v) is 11.2. The molecule has 0 aliphatic heterocycles. The van der Waals surface area contributed by atoms with E-state index in [4.69, 9.17) is 4.98 Å². The van der Waals surface area contributed by atoms with Crippen LogP contribution in [0.1, 0.15) is 5.56 Å². The maximum atomic E-state index is 14.5. The van der Waals surface area contributed by atoms with Crippen LogP contribution in [0.25, 0.3) is 56.0 Å². The van der Waals surface area contributed by atoms with Crippen LogP contribution in [-0.2, 0) is 16.3 Å². The number of benzene rings is 1. The highest BCUT2D eigenvalue weighted by Crippen LogP contribution is 2.34. The van der Waals surface area contributed by atoms with Crippen molar-refractivity contribution in [3.63, 3.8) is 0 Å². The Balaban J connectivity index is 1.44. The Morgan fingerprint density at radius 2 is 1.84 bits per heavy atom. The molecule has 1 aromatic carbocycles. The molecule has 0 atom stereocenters. The van der Waals surface area contributed by atoms with E-state index in [1.54, 1.807) is 12.4 Å². The minimum absolute atomic E-state index is 0.0460. The van der Waals surface area contributed by atoms with Crippen LogP contribution in [0.3, 0.4) is 0 Å². The van der Waals surface area contributed by atoms with Gasteiger partial charge in [-0.1, -0.05) is 12.1 Å². The molecule has 5 aromatic heterocycles. The van der Waals surface area contributed by atoms with E-state index in [0.717, 1.165) is 27.9 Å². The molecular formula is C27H21FN6O2S. The van der Waals surface area contributed by atoms with Gasteiger partial charge in [-0.3, -0.25) is 10.1 Å². The Kier molecular flexibility index (Phi) is 5.53. The Morgan fingerprint density at radius 3 is 2.65 bits per heavy atom. The lowest BCUT2D eigenvalue weighted by Crippen LogP contribution is -2.06. The minimum Gasteiger partial charge on any atom is -0.338 e. The highest BCUT2D eigenvalue weighted by molar-refractivity contribution is 7.90. The van der Waals surface area contributed by atoms with Crippen LogP contribution in [0.2, 0.25) is 0 Å². The van der Waals surface area contributed by atoms with Crippen LogP contribution < -0.4 is 0 Å². The minimum atomic E-state index is -3.17. The van der Waals surface area contributed by atoms with E-state index in [1.807, 2.05) is 48.5 Å². The molecule has 8 nitrogen and oxygen atoms in total. The molecule has 0 amide bonds. The summed E-state index contributed by atoms with van der Waals surface area (Å²) in [5, 5.41) is 8.30. The van der Waals surface area contributed by atoms with Gasteiger partial charge in [-0.25, -0.2) is 22.8 Å². The number of pyridine rings is 3. The lowest BCUT2D eigenvalue weighted by Gasteiger charge is -2.07. The maximum Gasteiger partial charge on any atom is 0.147 e. The SMILES string of the molecule is CS(=O)(=O)CCc1cc(F)cc(-c2ccnc3[nH]c(-c4n[nH]c5ccc(-c6ccccn6)nc45)cc23)c1. The van der Waals surface area contributed by atoms with Crippen LogP contribution in [0.4, 0.5) is 4.39 Å². The number of aromatic nitrogens is 6. The summed E-state index contributed by atoms with van der Waals surface area (Å²) in [4.78, 5) is 17.0. The van der Waals surface area contributed by atoms with E-state index in [2.05, 4.69) is 25.1 Å². The summed E-state index contributed by atoms with van der Waals surface area (Å²) in [6, 6.07) is 17.8. The van der Waals surface area contributed by atoms with Crippen LogP contribution in [0.15, 0.2) is 73.1 Å². The van der Waals surface area contributed by atoms with E-state index in [9.17, 15) is 12.8 Å².